The van der Waals surface area contributed by atoms with Crippen LogP contribution in [-0.4, -0.2) is 46.1 Å². The van der Waals surface area contributed by atoms with Crippen molar-refractivity contribution < 1.29 is 14.7 Å². The summed E-state index contributed by atoms with van der Waals surface area (Å²) >= 11 is 1.54. The molecule has 3 N–H and O–H groups in total. The summed E-state index contributed by atoms with van der Waals surface area (Å²) in [7, 11) is 0. The number of carbonyl (C=O) groups excluding carboxylic acids is 1. The zero-order valence-corrected chi connectivity index (χ0v) is 7.92. The van der Waals surface area contributed by atoms with Gasteiger partial charge in [-0.05, 0) is 12.2 Å². The average Bonchev–Trinajstić information content (AvgIpc) is 2.19. The molecule has 1 aliphatic heterocycles. The number of aliphatic carboxylic acids is 1. The van der Waals surface area contributed by atoms with Crippen molar-refractivity contribution >= 4 is 23.6 Å². The first-order valence-corrected chi connectivity index (χ1v) is 5.10. The molecule has 0 aromatic rings. The minimum Gasteiger partial charge on any atom is -0.480 e. The van der Waals surface area contributed by atoms with Crippen molar-refractivity contribution in [2.75, 3.05) is 18.2 Å². The molecule has 1 saturated heterocycles. The first-order chi connectivity index (χ1) is 6.11. The maximum atomic E-state index is 11.4. The molecule has 0 saturated carbocycles. The van der Waals surface area contributed by atoms with Gasteiger partial charge >= 0.3 is 5.97 Å². The lowest BCUT2D eigenvalue weighted by Gasteiger charge is -2.19. The summed E-state index contributed by atoms with van der Waals surface area (Å²) in [5.74, 6) is -0.0163. The molecule has 1 rings (SSSR count). The van der Waals surface area contributed by atoms with Gasteiger partial charge in [0.1, 0.15) is 6.54 Å². The second-order valence-electron chi connectivity index (χ2n) is 2.86. The van der Waals surface area contributed by atoms with E-state index in [9.17, 15) is 9.59 Å². The highest BCUT2D eigenvalue weighted by Gasteiger charge is 2.25. The lowest BCUT2D eigenvalue weighted by atomic mass is 10.2. The first-order valence-electron chi connectivity index (χ1n) is 3.95. The summed E-state index contributed by atoms with van der Waals surface area (Å²) in [5.41, 5.74) is 5.55. The monoisotopic (exact) mass is 204 g/mol. The van der Waals surface area contributed by atoms with E-state index in [0.717, 1.165) is 5.75 Å². The molecule has 1 aliphatic rings. The number of hydrogen-bond donors (Lipinski definition) is 2. The van der Waals surface area contributed by atoms with Crippen LogP contribution in [0.1, 0.15) is 6.42 Å². The molecule has 0 aromatic carbocycles. The van der Waals surface area contributed by atoms with Gasteiger partial charge in [-0.15, -0.1) is 11.8 Å². The highest BCUT2D eigenvalue weighted by molar-refractivity contribution is 7.99. The van der Waals surface area contributed by atoms with Gasteiger partial charge in [0.25, 0.3) is 0 Å². The van der Waals surface area contributed by atoms with E-state index in [0.29, 0.717) is 12.3 Å². The summed E-state index contributed by atoms with van der Waals surface area (Å²) in [4.78, 5) is 23.1. The number of hydrogen-bond acceptors (Lipinski definition) is 4. The number of nitrogens with zero attached hydrogens (tertiary/aromatic N) is 1. The van der Waals surface area contributed by atoms with Crippen LogP contribution in [0.25, 0.3) is 0 Å². The Morgan fingerprint density at radius 3 is 3.08 bits per heavy atom. The van der Waals surface area contributed by atoms with Crippen molar-refractivity contribution in [1.82, 2.24) is 4.90 Å². The van der Waals surface area contributed by atoms with Gasteiger partial charge in [0.2, 0.25) is 5.91 Å². The van der Waals surface area contributed by atoms with E-state index in [-0.39, 0.29) is 12.5 Å². The zero-order chi connectivity index (χ0) is 9.84. The number of carboxylic acid groups (broad SMARTS) is 1. The average molecular weight is 204 g/mol. The Balaban J connectivity index is 2.59. The quantitative estimate of drug-likeness (QED) is 0.622. The second kappa shape index (κ2) is 4.48. The van der Waals surface area contributed by atoms with E-state index in [1.54, 1.807) is 0 Å². The van der Waals surface area contributed by atoms with Crippen LogP contribution in [-0.2, 0) is 9.59 Å². The van der Waals surface area contributed by atoms with Crippen molar-refractivity contribution in [3.63, 3.8) is 0 Å². The van der Waals surface area contributed by atoms with Crippen LogP contribution in [0.15, 0.2) is 0 Å². The van der Waals surface area contributed by atoms with Crippen molar-refractivity contribution in [2.45, 2.75) is 12.5 Å². The molecular weight excluding hydrogens is 192 g/mol. The fraction of sp³-hybridized carbons (Fsp3) is 0.714. The van der Waals surface area contributed by atoms with Crippen LogP contribution in [0.2, 0.25) is 0 Å². The van der Waals surface area contributed by atoms with Gasteiger partial charge in [-0.25, -0.2) is 0 Å². The standard InChI is InChI=1S/C7H12N2O3S/c8-5-1-2-13-4-9(7(5)12)3-6(10)11/h5H,1-4,8H2,(H,10,11). The molecule has 1 fully saturated rings. The third kappa shape index (κ3) is 2.89. The maximum absolute atomic E-state index is 11.4. The topological polar surface area (TPSA) is 83.6 Å². The number of carboxylic acids is 1. The van der Waals surface area contributed by atoms with E-state index < -0.39 is 12.0 Å². The molecule has 1 unspecified atom stereocenters. The van der Waals surface area contributed by atoms with Crippen LogP contribution in [0, 0.1) is 0 Å². The molecule has 5 nitrogen and oxygen atoms in total. The van der Waals surface area contributed by atoms with Gasteiger partial charge < -0.3 is 15.7 Å². The third-order valence-corrected chi connectivity index (χ3v) is 2.79. The fourth-order valence-electron chi connectivity index (χ4n) is 1.09. The second-order valence-corrected chi connectivity index (χ2v) is 3.94. The highest BCUT2D eigenvalue weighted by atomic mass is 32.2. The fourth-order valence-corrected chi connectivity index (χ4v) is 2.08. The molecule has 0 aliphatic carbocycles. The molecule has 74 valence electrons. The molecule has 0 spiro atoms. The first kappa shape index (κ1) is 10.3. The van der Waals surface area contributed by atoms with Crippen molar-refractivity contribution in [2.24, 2.45) is 5.73 Å². The van der Waals surface area contributed by atoms with Crippen LogP contribution < -0.4 is 5.73 Å². The summed E-state index contributed by atoms with van der Waals surface area (Å²) in [6.45, 7) is -0.250. The van der Waals surface area contributed by atoms with Crippen LogP contribution in [0.3, 0.4) is 0 Å². The van der Waals surface area contributed by atoms with Gasteiger partial charge in [-0.2, -0.15) is 0 Å². The Bertz CT molecular complexity index is 222. The Morgan fingerprint density at radius 1 is 1.77 bits per heavy atom. The van der Waals surface area contributed by atoms with E-state index in [2.05, 4.69) is 0 Å². The van der Waals surface area contributed by atoms with E-state index in [1.807, 2.05) is 0 Å². The SMILES string of the molecule is NC1CCSCN(CC(=O)O)C1=O. The predicted octanol–water partition coefficient (Wildman–Crippen LogP) is -0.679. The molecule has 0 radical (unpaired) electrons. The van der Waals surface area contributed by atoms with Crippen molar-refractivity contribution in [1.29, 1.82) is 0 Å². The van der Waals surface area contributed by atoms with Gasteiger partial charge in [0.05, 0.1) is 11.9 Å². The van der Waals surface area contributed by atoms with Crippen LogP contribution in [0.5, 0.6) is 0 Å². The smallest absolute Gasteiger partial charge is 0.323 e. The Kier molecular flexibility index (Phi) is 3.56. The minimum atomic E-state index is -0.997. The normalized spacial score (nSPS) is 24.2. The molecule has 1 amide bonds. The Hall–Kier alpha value is -0.750. The number of carbonyl (C=O) groups is 2. The molecule has 1 heterocycles. The van der Waals surface area contributed by atoms with E-state index in [1.165, 1.54) is 16.7 Å². The summed E-state index contributed by atoms with van der Waals surface area (Å²) < 4.78 is 0. The van der Waals surface area contributed by atoms with E-state index >= 15 is 0 Å². The lowest BCUT2D eigenvalue weighted by Crippen LogP contribution is -2.44. The number of amides is 1. The largest absolute Gasteiger partial charge is 0.480 e. The summed E-state index contributed by atoms with van der Waals surface area (Å²) in [6, 6.07) is -0.533. The Labute approximate surface area is 80.3 Å². The molecular formula is C7H12N2O3S. The number of thioether (sulfide) groups is 1. The third-order valence-electron chi connectivity index (χ3n) is 1.78. The minimum absolute atomic E-state index is 0.250. The number of rotatable bonds is 2. The Morgan fingerprint density at radius 2 is 2.46 bits per heavy atom. The van der Waals surface area contributed by atoms with Gasteiger partial charge in [-0.3, -0.25) is 9.59 Å². The van der Waals surface area contributed by atoms with Crippen LogP contribution in [0.4, 0.5) is 0 Å². The molecule has 13 heavy (non-hydrogen) atoms. The molecule has 0 aromatic heterocycles. The van der Waals surface area contributed by atoms with Gasteiger partial charge in [0, 0.05) is 0 Å². The molecule has 6 heteroatoms. The number of nitrogens with two attached hydrogens (primary N) is 1. The molecule has 0 bridgehead atoms. The maximum Gasteiger partial charge on any atom is 0.323 e. The van der Waals surface area contributed by atoms with E-state index in [4.69, 9.17) is 10.8 Å². The van der Waals surface area contributed by atoms with Gasteiger partial charge in [0.15, 0.2) is 0 Å². The van der Waals surface area contributed by atoms with Crippen molar-refractivity contribution in [3.8, 4) is 0 Å². The zero-order valence-electron chi connectivity index (χ0n) is 7.10. The lowest BCUT2D eigenvalue weighted by molar-refractivity contribution is -0.144. The predicted molar refractivity (Wildman–Crippen MR) is 49.3 cm³/mol. The summed E-state index contributed by atoms with van der Waals surface area (Å²) in [5, 5.41) is 8.52. The molecule has 1 atom stereocenters. The highest BCUT2D eigenvalue weighted by Crippen LogP contribution is 2.13. The van der Waals surface area contributed by atoms with Crippen molar-refractivity contribution in [3.05, 3.63) is 0 Å². The van der Waals surface area contributed by atoms with Crippen LogP contribution >= 0.6 is 11.8 Å². The van der Waals surface area contributed by atoms with Gasteiger partial charge in [-0.1, -0.05) is 0 Å². The summed E-state index contributed by atoms with van der Waals surface area (Å²) in [6.07, 6.45) is 0.625.